The Balaban J connectivity index is 1.84. The second-order valence-corrected chi connectivity index (χ2v) is 6.56. The van der Waals surface area contributed by atoms with Crippen molar-refractivity contribution in [2.45, 2.75) is 51.2 Å². The predicted molar refractivity (Wildman–Crippen MR) is 80.3 cm³/mol. The van der Waals surface area contributed by atoms with Gasteiger partial charge in [0.2, 0.25) is 0 Å². The van der Waals surface area contributed by atoms with Crippen molar-refractivity contribution in [1.82, 2.24) is 10.2 Å². The Morgan fingerprint density at radius 1 is 1.26 bits per heavy atom. The highest BCUT2D eigenvalue weighted by atomic mass is 15.2. The van der Waals surface area contributed by atoms with E-state index in [1.165, 1.54) is 31.4 Å². The van der Waals surface area contributed by atoms with Gasteiger partial charge < -0.3 is 5.32 Å². The summed E-state index contributed by atoms with van der Waals surface area (Å²) in [6.45, 7) is 5.92. The Bertz CT molecular complexity index is 437. The third-order valence-corrected chi connectivity index (χ3v) is 4.53. The van der Waals surface area contributed by atoms with Crippen LogP contribution in [0.1, 0.15) is 43.9 Å². The lowest BCUT2D eigenvalue weighted by molar-refractivity contribution is 0.142. The summed E-state index contributed by atoms with van der Waals surface area (Å²) in [5.41, 5.74) is 3.06. The van der Waals surface area contributed by atoms with Crippen molar-refractivity contribution in [3.63, 3.8) is 0 Å². The average molecular weight is 258 g/mol. The third kappa shape index (κ3) is 2.56. The number of benzene rings is 1. The SMILES string of the molecule is CNC1c2ccccc2CC1N(CC(C)C)C1CC1. The van der Waals surface area contributed by atoms with Crippen LogP contribution in [0.5, 0.6) is 0 Å². The molecule has 0 saturated heterocycles. The minimum atomic E-state index is 0.510. The Morgan fingerprint density at radius 3 is 2.63 bits per heavy atom. The van der Waals surface area contributed by atoms with E-state index in [4.69, 9.17) is 0 Å². The summed E-state index contributed by atoms with van der Waals surface area (Å²) < 4.78 is 0. The molecule has 2 unspecified atom stereocenters. The second kappa shape index (κ2) is 5.26. The van der Waals surface area contributed by atoms with Crippen LogP contribution < -0.4 is 5.32 Å². The molecule has 1 aromatic carbocycles. The highest BCUT2D eigenvalue weighted by Gasteiger charge is 2.41. The number of hydrogen-bond acceptors (Lipinski definition) is 2. The van der Waals surface area contributed by atoms with Gasteiger partial charge in [-0.3, -0.25) is 4.90 Å². The zero-order valence-corrected chi connectivity index (χ0v) is 12.4. The fraction of sp³-hybridized carbons (Fsp3) is 0.647. The van der Waals surface area contributed by atoms with Gasteiger partial charge in [0, 0.05) is 24.7 Å². The van der Waals surface area contributed by atoms with Crippen molar-refractivity contribution in [3.8, 4) is 0 Å². The molecule has 3 rings (SSSR count). The topological polar surface area (TPSA) is 15.3 Å². The van der Waals surface area contributed by atoms with E-state index in [9.17, 15) is 0 Å². The quantitative estimate of drug-likeness (QED) is 0.873. The molecule has 0 aliphatic heterocycles. The van der Waals surface area contributed by atoms with Crippen LogP contribution in [-0.2, 0) is 6.42 Å². The Kier molecular flexibility index (Phi) is 3.64. The van der Waals surface area contributed by atoms with Gasteiger partial charge in [0.25, 0.3) is 0 Å². The summed E-state index contributed by atoms with van der Waals surface area (Å²) in [6.07, 6.45) is 4.01. The fourth-order valence-electron chi connectivity index (χ4n) is 3.61. The Labute approximate surface area is 117 Å². The molecular weight excluding hydrogens is 232 g/mol. The molecule has 104 valence electrons. The number of likely N-dealkylation sites (N-methyl/N-ethyl adjacent to an activating group) is 1. The molecule has 2 aliphatic carbocycles. The number of hydrogen-bond donors (Lipinski definition) is 1. The van der Waals surface area contributed by atoms with Gasteiger partial charge in [-0.15, -0.1) is 0 Å². The van der Waals surface area contributed by atoms with E-state index in [0.717, 1.165) is 12.0 Å². The first-order valence-electron chi connectivity index (χ1n) is 7.71. The molecular formula is C17H26N2. The van der Waals surface area contributed by atoms with Gasteiger partial charge in [0.05, 0.1) is 0 Å². The minimum Gasteiger partial charge on any atom is -0.312 e. The number of fused-ring (bicyclic) bond motifs is 1. The third-order valence-electron chi connectivity index (χ3n) is 4.53. The van der Waals surface area contributed by atoms with E-state index in [-0.39, 0.29) is 0 Å². The molecule has 2 nitrogen and oxygen atoms in total. The molecule has 2 aliphatic rings. The second-order valence-electron chi connectivity index (χ2n) is 6.56. The van der Waals surface area contributed by atoms with E-state index in [1.807, 2.05) is 0 Å². The van der Waals surface area contributed by atoms with E-state index in [0.29, 0.717) is 12.1 Å². The zero-order chi connectivity index (χ0) is 13.4. The van der Waals surface area contributed by atoms with Crippen molar-refractivity contribution in [1.29, 1.82) is 0 Å². The van der Waals surface area contributed by atoms with Gasteiger partial charge in [-0.1, -0.05) is 38.1 Å². The lowest BCUT2D eigenvalue weighted by Crippen LogP contribution is -2.45. The zero-order valence-electron chi connectivity index (χ0n) is 12.4. The van der Waals surface area contributed by atoms with Crippen molar-refractivity contribution < 1.29 is 0 Å². The number of rotatable bonds is 5. The van der Waals surface area contributed by atoms with E-state index < -0.39 is 0 Å². The molecule has 1 fully saturated rings. The molecule has 2 atom stereocenters. The summed E-state index contributed by atoms with van der Waals surface area (Å²) in [5, 5.41) is 3.56. The standard InChI is InChI=1S/C17H26N2/c1-12(2)11-19(14-8-9-14)16-10-13-6-4-5-7-15(13)17(16)18-3/h4-7,12,14,16-18H,8-11H2,1-3H3. The molecule has 19 heavy (non-hydrogen) atoms. The normalized spacial score (nSPS) is 26.2. The monoisotopic (exact) mass is 258 g/mol. The summed E-state index contributed by atoms with van der Waals surface area (Å²) >= 11 is 0. The fourth-order valence-corrected chi connectivity index (χ4v) is 3.61. The largest absolute Gasteiger partial charge is 0.312 e. The van der Waals surface area contributed by atoms with Crippen LogP contribution in [0, 0.1) is 5.92 Å². The molecule has 1 N–H and O–H groups in total. The Morgan fingerprint density at radius 2 is 2.00 bits per heavy atom. The van der Waals surface area contributed by atoms with Gasteiger partial charge in [-0.2, -0.15) is 0 Å². The molecule has 0 bridgehead atoms. The van der Waals surface area contributed by atoms with Crippen LogP contribution >= 0.6 is 0 Å². The first-order valence-corrected chi connectivity index (χ1v) is 7.71. The molecule has 0 spiro atoms. The Hall–Kier alpha value is -0.860. The summed E-state index contributed by atoms with van der Waals surface area (Å²) in [6, 6.07) is 11.0. The highest BCUT2D eigenvalue weighted by Crippen LogP contribution is 2.39. The molecule has 0 heterocycles. The first kappa shape index (κ1) is 13.1. The van der Waals surface area contributed by atoms with E-state index >= 15 is 0 Å². The van der Waals surface area contributed by atoms with E-state index in [2.05, 4.69) is 55.4 Å². The lowest BCUT2D eigenvalue weighted by atomic mass is 10.0. The van der Waals surface area contributed by atoms with Crippen LogP contribution in [0.4, 0.5) is 0 Å². The molecule has 0 aromatic heterocycles. The maximum Gasteiger partial charge on any atom is 0.0481 e. The molecule has 2 heteroatoms. The summed E-state index contributed by atoms with van der Waals surface area (Å²) in [7, 11) is 2.11. The number of nitrogens with one attached hydrogen (secondary N) is 1. The smallest absolute Gasteiger partial charge is 0.0481 e. The van der Waals surface area contributed by atoms with Gasteiger partial charge in [0.15, 0.2) is 0 Å². The summed E-state index contributed by atoms with van der Waals surface area (Å²) in [4.78, 5) is 2.78. The maximum absolute atomic E-state index is 3.56. The number of nitrogens with zero attached hydrogens (tertiary/aromatic N) is 1. The first-order chi connectivity index (χ1) is 9.20. The van der Waals surface area contributed by atoms with Crippen molar-refractivity contribution in [2.24, 2.45) is 5.92 Å². The van der Waals surface area contributed by atoms with Crippen LogP contribution in [0.25, 0.3) is 0 Å². The maximum atomic E-state index is 3.56. The van der Waals surface area contributed by atoms with Crippen molar-refractivity contribution in [2.75, 3.05) is 13.6 Å². The van der Waals surface area contributed by atoms with Crippen LogP contribution in [0.3, 0.4) is 0 Å². The lowest BCUT2D eigenvalue weighted by Gasteiger charge is -2.34. The highest BCUT2D eigenvalue weighted by molar-refractivity contribution is 5.37. The molecule has 1 saturated carbocycles. The molecule has 0 radical (unpaired) electrons. The van der Waals surface area contributed by atoms with Crippen molar-refractivity contribution in [3.05, 3.63) is 35.4 Å². The van der Waals surface area contributed by atoms with E-state index in [1.54, 1.807) is 5.56 Å². The van der Waals surface area contributed by atoms with Gasteiger partial charge in [-0.05, 0) is 43.4 Å². The average Bonchev–Trinajstić information content (AvgIpc) is 3.16. The van der Waals surface area contributed by atoms with Crippen LogP contribution in [-0.4, -0.2) is 30.6 Å². The van der Waals surface area contributed by atoms with Crippen molar-refractivity contribution >= 4 is 0 Å². The van der Waals surface area contributed by atoms with Gasteiger partial charge in [-0.25, -0.2) is 0 Å². The van der Waals surface area contributed by atoms with Gasteiger partial charge >= 0.3 is 0 Å². The van der Waals surface area contributed by atoms with Crippen LogP contribution in [0.15, 0.2) is 24.3 Å². The minimum absolute atomic E-state index is 0.510. The molecule has 0 amide bonds. The van der Waals surface area contributed by atoms with Crippen LogP contribution in [0.2, 0.25) is 0 Å². The van der Waals surface area contributed by atoms with Gasteiger partial charge in [0.1, 0.15) is 0 Å². The molecule has 1 aromatic rings. The predicted octanol–water partition coefficient (Wildman–Crippen LogP) is 2.99. The summed E-state index contributed by atoms with van der Waals surface area (Å²) in [5.74, 6) is 0.752.